The Labute approximate surface area is 227 Å². The van der Waals surface area contributed by atoms with Crippen molar-refractivity contribution in [2.45, 2.75) is 39.0 Å². The van der Waals surface area contributed by atoms with Gasteiger partial charge < -0.3 is 29.7 Å². The summed E-state index contributed by atoms with van der Waals surface area (Å²) in [6.45, 7) is 2.83. The number of ether oxygens (including phenoxy) is 3. The Morgan fingerprint density at radius 2 is 1.69 bits per heavy atom. The molecule has 202 valence electrons. The SMILES string of the molecule is CCCOC(=O)c1ccc(NC(=O)[C@H](N)Cc2ccc(OCc3ccccc3)cc2)c(OCc2ccco2)c1. The molecule has 8 heteroatoms. The number of nitrogens with one attached hydrogen (secondary N) is 1. The van der Waals surface area contributed by atoms with Gasteiger partial charge >= 0.3 is 5.97 Å². The first-order valence-corrected chi connectivity index (χ1v) is 12.8. The van der Waals surface area contributed by atoms with Gasteiger partial charge in [-0.1, -0.05) is 49.4 Å². The van der Waals surface area contributed by atoms with Crippen molar-refractivity contribution in [3.63, 3.8) is 0 Å². The van der Waals surface area contributed by atoms with Crippen molar-refractivity contribution in [3.8, 4) is 11.5 Å². The van der Waals surface area contributed by atoms with E-state index in [1.54, 1.807) is 30.5 Å². The summed E-state index contributed by atoms with van der Waals surface area (Å²) in [5, 5.41) is 2.82. The molecule has 39 heavy (non-hydrogen) atoms. The molecule has 4 rings (SSSR count). The molecule has 0 aliphatic rings. The zero-order valence-electron chi connectivity index (χ0n) is 21.8. The smallest absolute Gasteiger partial charge is 0.338 e. The molecule has 1 aromatic heterocycles. The van der Waals surface area contributed by atoms with E-state index in [0.29, 0.717) is 48.8 Å². The topological polar surface area (TPSA) is 113 Å². The van der Waals surface area contributed by atoms with Crippen molar-refractivity contribution < 1.29 is 28.2 Å². The molecule has 3 aromatic carbocycles. The zero-order valence-corrected chi connectivity index (χ0v) is 21.8. The first kappa shape index (κ1) is 27.5. The number of anilines is 1. The molecule has 8 nitrogen and oxygen atoms in total. The number of nitrogens with two attached hydrogens (primary N) is 1. The molecule has 4 aromatic rings. The minimum atomic E-state index is -0.812. The molecule has 1 atom stereocenters. The van der Waals surface area contributed by atoms with E-state index in [4.69, 9.17) is 24.4 Å². The largest absolute Gasteiger partial charge is 0.489 e. The second kappa shape index (κ2) is 13.8. The van der Waals surface area contributed by atoms with Crippen LogP contribution in [0.1, 0.15) is 40.6 Å². The molecule has 0 aliphatic carbocycles. The van der Waals surface area contributed by atoms with E-state index in [1.165, 1.54) is 6.07 Å². The Hall–Kier alpha value is -4.56. The van der Waals surface area contributed by atoms with E-state index in [9.17, 15) is 9.59 Å². The fourth-order valence-electron chi connectivity index (χ4n) is 3.73. The fourth-order valence-corrected chi connectivity index (χ4v) is 3.73. The lowest BCUT2D eigenvalue weighted by atomic mass is 10.1. The Morgan fingerprint density at radius 3 is 2.41 bits per heavy atom. The Kier molecular flexibility index (Phi) is 9.74. The highest BCUT2D eigenvalue weighted by atomic mass is 16.5. The quantitative estimate of drug-likeness (QED) is 0.220. The summed E-state index contributed by atoms with van der Waals surface area (Å²) in [4.78, 5) is 25.3. The van der Waals surface area contributed by atoms with E-state index < -0.39 is 12.0 Å². The lowest BCUT2D eigenvalue weighted by Gasteiger charge is -2.16. The van der Waals surface area contributed by atoms with Crippen LogP contribution in [0.5, 0.6) is 11.5 Å². The summed E-state index contributed by atoms with van der Waals surface area (Å²) in [7, 11) is 0. The van der Waals surface area contributed by atoms with Crippen LogP contribution >= 0.6 is 0 Å². The number of furan rings is 1. The summed E-state index contributed by atoms with van der Waals surface area (Å²) >= 11 is 0. The van der Waals surface area contributed by atoms with Gasteiger partial charge in [-0.2, -0.15) is 0 Å². The van der Waals surface area contributed by atoms with Crippen molar-refractivity contribution in [3.05, 3.63) is 114 Å². The second-order valence-corrected chi connectivity index (χ2v) is 8.93. The van der Waals surface area contributed by atoms with Crippen LogP contribution in [0.2, 0.25) is 0 Å². The van der Waals surface area contributed by atoms with Crippen LogP contribution in [-0.4, -0.2) is 24.5 Å². The molecule has 0 aliphatic heterocycles. The summed E-state index contributed by atoms with van der Waals surface area (Å²) in [5.74, 6) is 0.780. The van der Waals surface area contributed by atoms with E-state index in [2.05, 4.69) is 5.32 Å². The average molecular weight is 529 g/mol. The van der Waals surface area contributed by atoms with Gasteiger partial charge in [-0.15, -0.1) is 0 Å². The standard InChI is InChI=1S/C31H32N2O6/c1-2-16-37-31(35)24-12-15-28(29(19-24)39-21-26-9-6-17-36-26)33-30(34)27(32)18-22-10-13-25(14-11-22)38-20-23-7-4-3-5-8-23/h3-15,17,19,27H,2,16,18,20-21,32H2,1H3,(H,33,34)/t27-/m1/s1. The predicted octanol–water partition coefficient (Wildman–Crippen LogP) is 5.51. The number of carbonyl (C=O) groups excluding carboxylic acids is 2. The highest BCUT2D eigenvalue weighted by Gasteiger charge is 2.19. The molecular weight excluding hydrogens is 496 g/mol. The number of amides is 1. The first-order valence-electron chi connectivity index (χ1n) is 12.8. The van der Waals surface area contributed by atoms with Gasteiger partial charge in [-0.05, 0) is 66.4 Å². The van der Waals surface area contributed by atoms with Gasteiger partial charge in [0.05, 0.1) is 30.2 Å². The number of benzene rings is 3. The molecule has 0 saturated carbocycles. The van der Waals surface area contributed by atoms with Gasteiger partial charge in [-0.25, -0.2) is 4.79 Å². The van der Waals surface area contributed by atoms with Gasteiger partial charge in [0.15, 0.2) is 0 Å². The Balaban J connectivity index is 1.38. The second-order valence-electron chi connectivity index (χ2n) is 8.93. The molecule has 0 unspecified atom stereocenters. The summed E-state index contributed by atoms with van der Waals surface area (Å²) in [6.07, 6.45) is 2.58. The summed E-state index contributed by atoms with van der Waals surface area (Å²) < 4.78 is 22.2. The van der Waals surface area contributed by atoms with Crippen molar-refractivity contribution in [2.75, 3.05) is 11.9 Å². The number of esters is 1. The molecule has 0 spiro atoms. The highest BCUT2D eigenvalue weighted by molar-refractivity contribution is 5.97. The molecule has 1 heterocycles. The predicted molar refractivity (Wildman–Crippen MR) is 148 cm³/mol. The van der Waals surface area contributed by atoms with Crippen LogP contribution in [0.3, 0.4) is 0 Å². The van der Waals surface area contributed by atoms with Crippen molar-refractivity contribution in [2.24, 2.45) is 5.73 Å². The summed E-state index contributed by atoms with van der Waals surface area (Å²) in [6, 6.07) is 24.8. The molecule has 3 N–H and O–H groups in total. The average Bonchev–Trinajstić information content (AvgIpc) is 3.49. The van der Waals surface area contributed by atoms with Gasteiger partial charge in [0, 0.05) is 0 Å². The number of hydrogen-bond donors (Lipinski definition) is 2. The van der Waals surface area contributed by atoms with Crippen molar-refractivity contribution in [1.82, 2.24) is 0 Å². The van der Waals surface area contributed by atoms with Gasteiger partial charge in [-0.3, -0.25) is 4.79 Å². The van der Waals surface area contributed by atoms with Crippen LogP contribution in [0.15, 0.2) is 95.6 Å². The fraction of sp³-hybridized carbons (Fsp3) is 0.226. The van der Waals surface area contributed by atoms with Crippen LogP contribution < -0.4 is 20.5 Å². The molecule has 0 bridgehead atoms. The Bertz CT molecular complexity index is 1340. The van der Waals surface area contributed by atoms with E-state index >= 15 is 0 Å². The lowest BCUT2D eigenvalue weighted by Crippen LogP contribution is -2.37. The van der Waals surface area contributed by atoms with E-state index in [-0.39, 0.29) is 12.5 Å². The number of hydrogen-bond acceptors (Lipinski definition) is 7. The van der Waals surface area contributed by atoms with Crippen molar-refractivity contribution >= 4 is 17.6 Å². The minimum Gasteiger partial charge on any atom is -0.489 e. The third kappa shape index (κ3) is 8.21. The number of carbonyl (C=O) groups is 2. The highest BCUT2D eigenvalue weighted by Crippen LogP contribution is 2.28. The molecule has 0 radical (unpaired) electrons. The monoisotopic (exact) mass is 528 g/mol. The van der Waals surface area contributed by atoms with Crippen LogP contribution in [-0.2, 0) is 29.2 Å². The van der Waals surface area contributed by atoms with Crippen LogP contribution in [0.25, 0.3) is 0 Å². The van der Waals surface area contributed by atoms with Gasteiger partial charge in [0.25, 0.3) is 0 Å². The maximum atomic E-state index is 13.0. The summed E-state index contributed by atoms with van der Waals surface area (Å²) in [5.41, 5.74) is 8.91. The van der Waals surface area contributed by atoms with Crippen LogP contribution in [0, 0.1) is 0 Å². The van der Waals surface area contributed by atoms with Gasteiger partial charge in [0.1, 0.15) is 30.5 Å². The third-order valence-corrected chi connectivity index (χ3v) is 5.83. The molecule has 0 fully saturated rings. The first-order chi connectivity index (χ1) is 19.0. The van der Waals surface area contributed by atoms with Crippen molar-refractivity contribution in [1.29, 1.82) is 0 Å². The maximum absolute atomic E-state index is 13.0. The minimum absolute atomic E-state index is 0.119. The lowest BCUT2D eigenvalue weighted by molar-refractivity contribution is -0.117. The van der Waals surface area contributed by atoms with E-state index in [1.807, 2.05) is 61.5 Å². The normalized spacial score (nSPS) is 11.4. The maximum Gasteiger partial charge on any atom is 0.338 e. The molecule has 1 amide bonds. The Morgan fingerprint density at radius 1 is 0.897 bits per heavy atom. The third-order valence-electron chi connectivity index (χ3n) is 5.83. The number of rotatable bonds is 13. The zero-order chi connectivity index (χ0) is 27.5. The molecular formula is C31H32N2O6. The van der Waals surface area contributed by atoms with Crippen LogP contribution in [0.4, 0.5) is 5.69 Å². The molecule has 0 saturated heterocycles. The van der Waals surface area contributed by atoms with E-state index in [0.717, 1.165) is 16.9 Å². The van der Waals surface area contributed by atoms with Gasteiger partial charge in [0.2, 0.25) is 5.91 Å².